The number of para-hydroxylation sites is 2. The zero-order valence-corrected chi connectivity index (χ0v) is 19.2. The fraction of sp³-hybridized carbons (Fsp3) is 0.458. The van der Waals surface area contributed by atoms with E-state index in [2.05, 4.69) is 5.32 Å². The van der Waals surface area contributed by atoms with E-state index in [1.165, 1.54) is 26.4 Å². The smallest absolute Gasteiger partial charge is 0.264 e. The number of hydrogen-bond donors (Lipinski definition) is 1. The maximum absolute atomic E-state index is 13.5. The molecular weight excluding hydrogens is 412 g/mol. The van der Waals surface area contributed by atoms with Gasteiger partial charge >= 0.3 is 0 Å². The number of ether oxygens (including phenoxy) is 1. The van der Waals surface area contributed by atoms with Crippen LogP contribution in [-0.2, 0) is 14.8 Å². The summed E-state index contributed by atoms with van der Waals surface area (Å²) in [7, 11) is -2.47. The molecule has 0 bridgehead atoms. The minimum absolute atomic E-state index is 0.0920. The summed E-state index contributed by atoms with van der Waals surface area (Å²) in [6.07, 6.45) is 7.65. The van der Waals surface area contributed by atoms with Gasteiger partial charge in [0.1, 0.15) is 12.3 Å². The van der Waals surface area contributed by atoms with E-state index in [-0.39, 0.29) is 23.4 Å². The molecule has 168 valence electrons. The van der Waals surface area contributed by atoms with Crippen LogP contribution in [0.25, 0.3) is 0 Å². The number of aryl methyl sites for hydroxylation is 1. The average Bonchev–Trinajstić information content (AvgIpc) is 2.74. The lowest BCUT2D eigenvalue weighted by Gasteiger charge is -2.27. The van der Waals surface area contributed by atoms with Gasteiger partial charge in [-0.25, -0.2) is 8.42 Å². The molecule has 1 aliphatic carbocycles. The number of rotatable bonds is 7. The first kappa shape index (κ1) is 23.1. The monoisotopic (exact) mass is 444 g/mol. The van der Waals surface area contributed by atoms with Crippen LogP contribution in [0.3, 0.4) is 0 Å². The van der Waals surface area contributed by atoms with Crippen molar-refractivity contribution < 1.29 is 17.9 Å². The van der Waals surface area contributed by atoms with E-state index in [0.29, 0.717) is 11.4 Å². The second-order valence-corrected chi connectivity index (χ2v) is 9.97. The van der Waals surface area contributed by atoms with Crippen molar-refractivity contribution in [2.24, 2.45) is 0 Å². The van der Waals surface area contributed by atoms with Gasteiger partial charge < -0.3 is 10.1 Å². The Morgan fingerprint density at radius 2 is 1.61 bits per heavy atom. The molecule has 0 spiro atoms. The molecule has 0 atom stereocenters. The molecule has 2 aromatic carbocycles. The molecule has 2 aromatic rings. The number of nitrogens with zero attached hydrogens (tertiary/aromatic N) is 1. The van der Waals surface area contributed by atoms with Crippen LogP contribution in [0.15, 0.2) is 53.4 Å². The van der Waals surface area contributed by atoms with Crippen molar-refractivity contribution in [2.75, 3.05) is 18.0 Å². The first-order valence-electron chi connectivity index (χ1n) is 10.9. The van der Waals surface area contributed by atoms with Gasteiger partial charge in [-0.3, -0.25) is 9.10 Å². The van der Waals surface area contributed by atoms with Crippen molar-refractivity contribution in [1.29, 1.82) is 0 Å². The number of anilines is 1. The summed E-state index contributed by atoms with van der Waals surface area (Å²) >= 11 is 0. The molecule has 1 aliphatic rings. The van der Waals surface area contributed by atoms with Crippen LogP contribution in [0.4, 0.5) is 5.69 Å². The fourth-order valence-electron chi connectivity index (χ4n) is 3.98. The number of amides is 1. The molecule has 0 heterocycles. The van der Waals surface area contributed by atoms with Crippen LogP contribution in [0.5, 0.6) is 5.75 Å². The van der Waals surface area contributed by atoms with Crippen LogP contribution < -0.4 is 14.4 Å². The van der Waals surface area contributed by atoms with Gasteiger partial charge in [0.2, 0.25) is 5.91 Å². The Labute approximate surface area is 185 Å². The van der Waals surface area contributed by atoms with Gasteiger partial charge in [-0.15, -0.1) is 0 Å². The molecule has 0 radical (unpaired) electrons. The minimum Gasteiger partial charge on any atom is -0.495 e. The van der Waals surface area contributed by atoms with Crippen LogP contribution in [0, 0.1) is 6.92 Å². The molecule has 0 aliphatic heterocycles. The molecule has 3 rings (SSSR count). The van der Waals surface area contributed by atoms with E-state index in [9.17, 15) is 13.2 Å². The summed E-state index contributed by atoms with van der Waals surface area (Å²) < 4.78 is 33.6. The molecule has 1 saturated carbocycles. The van der Waals surface area contributed by atoms with Gasteiger partial charge in [0.05, 0.1) is 17.7 Å². The highest BCUT2D eigenvalue weighted by Gasteiger charge is 2.30. The third-order valence-electron chi connectivity index (χ3n) is 5.72. The predicted octanol–water partition coefficient (Wildman–Crippen LogP) is 4.43. The van der Waals surface area contributed by atoms with Crippen molar-refractivity contribution >= 4 is 21.6 Å². The molecule has 0 aromatic heterocycles. The molecule has 6 nitrogen and oxygen atoms in total. The summed E-state index contributed by atoms with van der Waals surface area (Å²) in [5, 5.41) is 3.07. The average molecular weight is 445 g/mol. The van der Waals surface area contributed by atoms with Crippen LogP contribution in [0.2, 0.25) is 0 Å². The fourth-order valence-corrected chi connectivity index (χ4v) is 5.41. The molecular formula is C24H32N2O4S. The van der Waals surface area contributed by atoms with Crippen molar-refractivity contribution in [3.8, 4) is 5.75 Å². The highest BCUT2D eigenvalue weighted by atomic mass is 32.2. The highest BCUT2D eigenvalue weighted by molar-refractivity contribution is 7.92. The zero-order chi connectivity index (χ0) is 22.3. The molecule has 1 N–H and O–H groups in total. The number of hydrogen-bond acceptors (Lipinski definition) is 4. The quantitative estimate of drug-likeness (QED) is 0.686. The number of carbonyl (C=O) groups excluding carboxylic acids is 1. The lowest BCUT2D eigenvalue weighted by Crippen LogP contribution is -2.44. The number of methoxy groups -OCH3 is 1. The third-order valence-corrected chi connectivity index (χ3v) is 7.49. The van der Waals surface area contributed by atoms with Crippen molar-refractivity contribution in [3.63, 3.8) is 0 Å². The number of carbonyl (C=O) groups is 1. The molecule has 0 unspecified atom stereocenters. The second-order valence-electron chi connectivity index (χ2n) is 8.11. The van der Waals surface area contributed by atoms with Gasteiger partial charge in [-0.05, 0) is 44.0 Å². The Morgan fingerprint density at radius 1 is 1.00 bits per heavy atom. The van der Waals surface area contributed by atoms with Gasteiger partial charge in [0, 0.05) is 6.04 Å². The molecule has 7 heteroatoms. The van der Waals surface area contributed by atoms with Gasteiger partial charge in [-0.1, -0.05) is 61.9 Å². The number of nitrogens with one attached hydrogen (secondary N) is 1. The van der Waals surface area contributed by atoms with Gasteiger partial charge in [-0.2, -0.15) is 0 Å². The zero-order valence-electron chi connectivity index (χ0n) is 18.3. The second kappa shape index (κ2) is 10.7. The maximum atomic E-state index is 13.5. The highest BCUT2D eigenvalue weighted by Crippen LogP contribution is 2.32. The first-order valence-corrected chi connectivity index (χ1v) is 12.4. The Kier molecular flexibility index (Phi) is 7.96. The number of benzene rings is 2. The summed E-state index contributed by atoms with van der Waals surface area (Å²) in [4.78, 5) is 13.1. The van der Waals surface area contributed by atoms with Gasteiger partial charge in [0.15, 0.2) is 0 Å². The lowest BCUT2D eigenvalue weighted by atomic mass is 9.97. The van der Waals surface area contributed by atoms with E-state index >= 15 is 0 Å². The van der Waals surface area contributed by atoms with E-state index in [4.69, 9.17) is 4.74 Å². The van der Waals surface area contributed by atoms with Crippen LogP contribution in [-0.4, -0.2) is 34.0 Å². The maximum Gasteiger partial charge on any atom is 0.264 e. The van der Waals surface area contributed by atoms with Crippen LogP contribution >= 0.6 is 0 Å². The Morgan fingerprint density at radius 3 is 2.26 bits per heavy atom. The molecule has 31 heavy (non-hydrogen) atoms. The molecule has 0 saturated heterocycles. The largest absolute Gasteiger partial charge is 0.495 e. The van der Waals surface area contributed by atoms with Crippen LogP contribution in [0.1, 0.15) is 50.5 Å². The third kappa shape index (κ3) is 6.00. The SMILES string of the molecule is COc1ccccc1N(CC(=O)NC1CCCCCCC1)S(=O)(=O)c1ccc(C)cc1. The van der Waals surface area contributed by atoms with E-state index in [1.807, 2.05) is 6.92 Å². The normalized spacial score (nSPS) is 15.5. The Bertz CT molecular complexity index is 965. The van der Waals surface area contributed by atoms with E-state index in [0.717, 1.165) is 35.6 Å². The first-order chi connectivity index (χ1) is 14.9. The number of sulfonamides is 1. The van der Waals surface area contributed by atoms with Crippen molar-refractivity contribution in [1.82, 2.24) is 5.32 Å². The van der Waals surface area contributed by atoms with Crippen molar-refractivity contribution in [3.05, 3.63) is 54.1 Å². The summed E-state index contributed by atoms with van der Waals surface area (Å²) in [6.45, 7) is 1.60. The topological polar surface area (TPSA) is 75.7 Å². The minimum atomic E-state index is -3.96. The Hall–Kier alpha value is -2.54. The van der Waals surface area contributed by atoms with E-state index in [1.54, 1.807) is 48.5 Å². The van der Waals surface area contributed by atoms with E-state index < -0.39 is 10.0 Å². The molecule has 1 amide bonds. The predicted molar refractivity (Wildman–Crippen MR) is 123 cm³/mol. The van der Waals surface area contributed by atoms with Crippen molar-refractivity contribution in [2.45, 2.75) is 62.8 Å². The molecule has 1 fully saturated rings. The summed E-state index contributed by atoms with van der Waals surface area (Å²) in [5.74, 6) is 0.101. The Balaban J connectivity index is 1.88. The summed E-state index contributed by atoms with van der Waals surface area (Å²) in [5.41, 5.74) is 1.31. The standard InChI is InChI=1S/C24H32N2O4S/c1-19-14-16-21(17-15-19)31(28,29)26(22-12-8-9-13-23(22)30-2)18-24(27)25-20-10-6-4-3-5-7-11-20/h8-9,12-17,20H,3-7,10-11,18H2,1-2H3,(H,25,27). The summed E-state index contributed by atoms with van der Waals surface area (Å²) in [6, 6.07) is 13.6. The van der Waals surface area contributed by atoms with Gasteiger partial charge in [0.25, 0.3) is 10.0 Å². The lowest BCUT2D eigenvalue weighted by molar-refractivity contribution is -0.120.